The first-order valence-electron chi connectivity index (χ1n) is 8.52. The zero-order chi connectivity index (χ0) is 20.0. The fourth-order valence-corrected chi connectivity index (χ4v) is 5.10. The van der Waals surface area contributed by atoms with Crippen molar-refractivity contribution in [3.63, 3.8) is 0 Å². The Labute approximate surface area is 174 Å². The molecule has 0 fully saturated rings. The van der Waals surface area contributed by atoms with Crippen molar-refractivity contribution in [3.8, 4) is 0 Å². The van der Waals surface area contributed by atoms with Crippen molar-refractivity contribution < 1.29 is 9.18 Å². The van der Waals surface area contributed by atoms with Gasteiger partial charge in [0.05, 0.1) is 15.6 Å². The Morgan fingerprint density at radius 1 is 1.18 bits per heavy atom. The quantitative estimate of drug-likeness (QED) is 0.534. The summed E-state index contributed by atoms with van der Waals surface area (Å²) in [5.41, 5.74) is 1.44. The summed E-state index contributed by atoms with van der Waals surface area (Å²) in [4.78, 5) is 28.8. The zero-order valence-corrected chi connectivity index (χ0v) is 17.5. The van der Waals surface area contributed by atoms with Crippen molar-refractivity contribution in [2.75, 3.05) is 11.2 Å². The molecule has 0 aliphatic carbocycles. The first kappa shape index (κ1) is 19.2. The number of anilines is 2. The summed E-state index contributed by atoms with van der Waals surface area (Å²) < 4.78 is 15.1. The average Bonchev–Trinajstić information content (AvgIpc) is 2.98. The van der Waals surface area contributed by atoms with Gasteiger partial charge in [-0.1, -0.05) is 35.1 Å². The second-order valence-electron chi connectivity index (χ2n) is 6.47. The third-order valence-corrected chi connectivity index (χ3v) is 7.01. The van der Waals surface area contributed by atoms with Crippen LogP contribution in [-0.4, -0.2) is 16.7 Å². The Balaban J connectivity index is 1.86. The number of hydrogen-bond donors (Lipinski definition) is 0. The minimum Gasteiger partial charge on any atom is -0.288 e. The number of carbonyl (C=O) groups excluding carboxylic acids is 1. The molecule has 0 N–H and O–H groups in total. The number of fused-ring (bicyclic) bond motifs is 1. The summed E-state index contributed by atoms with van der Waals surface area (Å²) in [5, 5.41) is -0.0677. The van der Waals surface area contributed by atoms with E-state index in [4.69, 9.17) is 11.6 Å². The third kappa shape index (κ3) is 3.17. The molecule has 1 aliphatic heterocycles. The smallest absolute Gasteiger partial charge is 0.288 e. The predicted octanol–water partition coefficient (Wildman–Crippen LogP) is 5.16. The van der Waals surface area contributed by atoms with E-state index in [0.29, 0.717) is 11.5 Å². The number of thiazole rings is 1. The molecule has 4 nitrogen and oxygen atoms in total. The molecular formula is C20H16ClFN2O2S2. The van der Waals surface area contributed by atoms with Gasteiger partial charge in [0.25, 0.3) is 0 Å². The van der Waals surface area contributed by atoms with Gasteiger partial charge in [-0.05, 0) is 42.2 Å². The van der Waals surface area contributed by atoms with Gasteiger partial charge in [-0.15, -0.1) is 11.8 Å². The number of rotatable bonds is 3. The van der Waals surface area contributed by atoms with E-state index in [1.54, 1.807) is 18.8 Å². The summed E-state index contributed by atoms with van der Waals surface area (Å²) >= 11 is 8.71. The lowest BCUT2D eigenvalue weighted by Crippen LogP contribution is -2.34. The molecule has 1 atom stereocenters. The number of hydrogen-bond acceptors (Lipinski definition) is 4. The second-order valence-corrected chi connectivity index (χ2v) is 8.75. The van der Waals surface area contributed by atoms with E-state index < -0.39 is 5.82 Å². The lowest BCUT2D eigenvalue weighted by atomic mass is 9.90. The van der Waals surface area contributed by atoms with Crippen LogP contribution in [0.4, 0.5) is 15.9 Å². The summed E-state index contributed by atoms with van der Waals surface area (Å²) in [6, 6.07) is 12.2. The van der Waals surface area contributed by atoms with E-state index in [2.05, 4.69) is 0 Å². The lowest BCUT2D eigenvalue weighted by Gasteiger charge is -2.32. The van der Waals surface area contributed by atoms with Gasteiger partial charge >= 0.3 is 4.87 Å². The SMILES string of the molecule is CSc1ccc([C@@H]2CC(=O)N(c3ccc(F)c(Cl)c3)c3c2sc(=O)n3C)cc1. The molecule has 8 heteroatoms. The fourth-order valence-electron chi connectivity index (χ4n) is 3.42. The van der Waals surface area contributed by atoms with Crippen molar-refractivity contribution in [3.05, 3.63) is 73.4 Å². The molecule has 1 aromatic heterocycles. The van der Waals surface area contributed by atoms with Crippen LogP contribution in [0.3, 0.4) is 0 Å². The van der Waals surface area contributed by atoms with Crippen LogP contribution < -0.4 is 9.77 Å². The van der Waals surface area contributed by atoms with Gasteiger partial charge in [-0.25, -0.2) is 4.39 Å². The second kappa shape index (κ2) is 7.39. The summed E-state index contributed by atoms with van der Waals surface area (Å²) in [7, 11) is 1.64. The van der Waals surface area contributed by atoms with Crippen LogP contribution >= 0.6 is 34.7 Å². The molecule has 0 unspecified atom stereocenters. The van der Waals surface area contributed by atoms with Crippen LogP contribution in [0.1, 0.15) is 22.8 Å². The number of carbonyl (C=O) groups is 1. The minimum absolute atomic E-state index is 0.0677. The molecule has 0 radical (unpaired) electrons. The van der Waals surface area contributed by atoms with Gasteiger partial charge in [0.2, 0.25) is 5.91 Å². The van der Waals surface area contributed by atoms with E-state index in [-0.39, 0.29) is 28.1 Å². The summed E-state index contributed by atoms with van der Waals surface area (Å²) in [6.45, 7) is 0. The monoisotopic (exact) mass is 434 g/mol. The standard InChI is InChI=1S/C20H16ClFN2O2S2/c1-23-19-18(28-20(23)26)14(11-3-6-13(27-2)7-4-11)10-17(25)24(19)12-5-8-16(22)15(21)9-12/h3-9,14H,10H2,1-2H3/t14-/m0/s1. The molecule has 28 heavy (non-hydrogen) atoms. The third-order valence-electron chi connectivity index (χ3n) is 4.85. The Hall–Kier alpha value is -2.09. The number of nitrogens with zero attached hydrogens (tertiary/aromatic N) is 2. The largest absolute Gasteiger partial charge is 0.308 e. The molecule has 4 rings (SSSR count). The first-order chi connectivity index (χ1) is 13.4. The molecule has 0 saturated heterocycles. The van der Waals surface area contributed by atoms with Gasteiger partial charge in [-0.3, -0.25) is 19.1 Å². The number of benzene rings is 2. The highest BCUT2D eigenvalue weighted by atomic mass is 35.5. The van der Waals surface area contributed by atoms with Crippen molar-refractivity contribution in [2.24, 2.45) is 7.05 Å². The minimum atomic E-state index is -0.555. The Morgan fingerprint density at radius 3 is 2.54 bits per heavy atom. The average molecular weight is 435 g/mol. The number of amides is 1. The molecule has 1 aliphatic rings. The summed E-state index contributed by atoms with van der Waals surface area (Å²) in [5.74, 6) is -0.388. The molecule has 2 heterocycles. The number of aromatic nitrogens is 1. The molecule has 0 saturated carbocycles. The molecular weight excluding hydrogens is 419 g/mol. The van der Waals surface area contributed by atoms with E-state index >= 15 is 0 Å². The first-order valence-corrected chi connectivity index (χ1v) is 10.9. The van der Waals surface area contributed by atoms with E-state index in [9.17, 15) is 14.0 Å². The normalized spacial score (nSPS) is 16.4. The lowest BCUT2D eigenvalue weighted by molar-refractivity contribution is -0.118. The molecule has 144 valence electrons. The predicted molar refractivity (Wildman–Crippen MR) is 113 cm³/mol. The van der Waals surface area contributed by atoms with Crippen molar-refractivity contribution in [1.82, 2.24) is 4.57 Å². The van der Waals surface area contributed by atoms with Crippen molar-refractivity contribution in [2.45, 2.75) is 17.2 Å². The van der Waals surface area contributed by atoms with E-state index in [1.807, 2.05) is 30.5 Å². The maximum atomic E-state index is 13.6. The van der Waals surface area contributed by atoms with Gasteiger partial charge < -0.3 is 0 Å². The van der Waals surface area contributed by atoms with Gasteiger partial charge in [0, 0.05) is 24.3 Å². The van der Waals surface area contributed by atoms with Crippen molar-refractivity contribution in [1.29, 1.82) is 0 Å². The van der Waals surface area contributed by atoms with Gasteiger partial charge in [0.15, 0.2) is 0 Å². The van der Waals surface area contributed by atoms with Crippen LogP contribution in [0.2, 0.25) is 5.02 Å². The highest BCUT2D eigenvalue weighted by Crippen LogP contribution is 2.45. The van der Waals surface area contributed by atoms with Crippen LogP contribution in [0.15, 0.2) is 52.2 Å². The highest BCUT2D eigenvalue weighted by molar-refractivity contribution is 7.98. The molecule has 1 amide bonds. The van der Waals surface area contributed by atoms with E-state index in [0.717, 1.165) is 26.7 Å². The maximum Gasteiger partial charge on any atom is 0.308 e. The zero-order valence-electron chi connectivity index (χ0n) is 15.1. The summed E-state index contributed by atoms with van der Waals surface area (Å²) in [6.07, 6.45) is 2.23. The van der Waals surface area contributed by atoms with Crippen molar-refractivity contribution >= 4 is 52.1 Å². The fraction of sp³-hybridized carbons (Fsp3) is 0.200. The molecule has 0 bridgehead atoms. The Bertz CT molecular complexity index is 1120. The van der Waals surface area contributed by atoms with E-state index in [1.165, 1.54) is 27.7 Å². The number of halogens is 2. The topological polar surface area (TPSA) is 42.3 Å². The van der Waals surface area contributed by atoms with Gasteiger partial charge in [-0.2, -0.15) is 0 Å². The molecule has 0 spiro atoms. The Morgan fingerprint density at radius 2 is 1.89 bits per heavy atom. The van der Waals surface area contributed by atoms with Crippen LogP contribution in [-0.2, 0) is 11.8 Å². The van der Waals surface area contributed by atoms with Crippen LogP contribution in [0, 0.1) is 5.82 Å². The molecule has 3 aromatic rings. The Kier molecular flexibility index (Phi) is 5.07. The highest BCUT2D eigenvalue weighted by Gasteiger charge is 2.37. The van der Waals surface area contributed by atoms with Gasteiger partial charge in [0.1, 0.15) is 11.6 Å². The van der Waals surface area contributed by atoms with Crippen LogP contribution in [0.5, 0.6) is 0 Å². The number of thioether (sulfide) groups is 1. The molecule has 2 aromatic carbocycles. The maximum absolute atomic E-state index is 13.6. The van der Waals surface area contributed by atoms with Crippen LogP contribution in [0.25, 0.3) is 0 Å².